The average Bonchev–Trinajstić information content (AvgIpc) is 3.01. The van der Waals surface area contributed by atoms with Crippen LogP contribution in [0.2, 0.25) is 0 Å². The van der Waals surface area contributed by atoms with Crippen LogP contribution in [0.3, 0.4) is 0 Å². The third-order valence-electron chi connectivity index (χ3n) is 5.33. The van der Waals surface area contributed by atoms with E-state index in [0.717, 1.165) is 36.0 Å². The highest BCUT2D eigenvalue weighted by Crippen LogP contribution is 2.23. The highest BCUT2D eigenvalue weighted by molar-refractivity contribution is 7.89. The first kappa shape index (κ1) is 18.9. The van der Waals surface area contributed by atoms with Gasteiger partial charge in [0.25, 0.3) is 0 Å². The molecule has 1 aliphatic rings. The molecule has 1 fully saturated rings. The molecule has 8 heteroatoms. The normalized spacial score (nSPS) is 15.9. The number of aryl methyl sites for hydroxylation is 2. The highest BCUT2D eigenvalue weighted by atomic mass is 32.2. The van der Waals surface area contributed by atoms with Crippen molar-refractivity contribution in [3.05, 3.63) is 63.7 Å². The molecule has 0 aliphatic carbocycles. The molecule has 1 saturated heterocycles. The number of sulfonamides is 1. The maximum Gasteiger partial charge on any atom is 0.350 e. The summed E-state index contributed by atoms with van der Waals surface area (Å²) in [6, 6.07) is 9.19. The fraction of sp³-hybridized carbons (Fsp3) is 0.400. The lowest BCUT2D eigenvalue weighted by Gasteiger charge is -2.25. The minimum Gasteiger partial charge on any atom is -0.249 e. The van der Waals surface area contributed by atoms with Crippen molar-refractivity contribution >= 4 is 15.7 Å². The SMILES string of the molecule is Cc1ccc(C)c(Cn2nc3c(S(=O)(=O)N4CCCCC4)cccn3c2=O)c1. The zero-order valence-electron chi connectivity index (χ0n) is 16.1. The fourth-order valence-electron chi connectivity index (χ4n) is 3.69. The third kappa shape index (κ3) is 3.27. The van der Waals surface area contributed by atoms with Crippen LogP contribution in [0.1, 0.15) is 36.0 Å². The van der Waals surface area contributed by atoms with Gasteiger partial charge in [0, 0.05) is 19.3 Å². The smallest absolute Gasteiger partial charge is 0.249 e. The molecule has 4 rings (SSSR count). The van der Waals surface area contributed by atoms with Gasteiger partial charge in [0.05, 0.1) is 6.54 Å². The van der Waals surface area contributed by atoms with E-state index in [-0.39, 0.29) is 16.2 Å². The molecule has 148 valence electrons. The van der Waals surface area contributed by atoms with Gasteiger partial charge in [0.1, 0.15) is 4.90 Å². The minimum atomic E-state index is -3.68. The molecule has 0 bridgehead atoms. The van der Waals surface area contributed by atoms with E-state index in [0.29, 0.717) is 19.6 Å². The second-order valence-corrected chi connectivity index (χ2v) is 9.31. The molecule has 7 nitrogen and oxygen atoms in total. The summed E-state index contributed by atoms with van der Waals surface area (Å²) in [5, 5.41) is 4.40. The van der Waals surface area contributed by atoms with Crippen LogP contribution in [0.5, 0.6) is 0 Å². The van der Waals surface area contributed by atoms with Crippen LogP contribution in [-0.2, 0) is 16.6 Å². The van der Waals surface area contributed by atoms with Crippen LogP contribution in [0.15, 0.2) is 46.2 Å². The van der Waals surface area contributed by atoms with Crippen molar-refractivity contribution in [3.8, 4) is 0 Å². The third-order valence-corrected chi connectivity index (χ3v) is 7.25. The van der Waals surface area contributed by atoms with Gasteiger partial charge in [-0.1, -0.05) is 30.2 Å². The van der Waals surface area contributed by atoms with Crippen LogP contribution in [0, 0.1) is 13.8 Å². The molecule has 3 aromatic rings. The standard InChI is InChI=1S/C20H24N4O3S/c1-15-8-9-16(2)17(13-15)14-24-20(25)23-12-6-7-18(19(23)21-24)28(26,27)22-10-4-3-5-11-22/h6-9,12-13H,3-5,10-11,14H2,1-2H3. The number of rotatable bonds is 4. The molecule has 0 saturated carbocycles. The van der Waals surface area contributed by atoms with Gasteiger partial charge in [-0.15, -0.1) is 5.10 Å². The second-order valence-electron chi connectivity index (χ2n) is 7.40. The van der Waals surface area contributed by atoms with E-state index in [4.69, 9.17) is 0 Å². The van der Waals surface area contributed by atoms with Crippen LogP contribution in [0.25, 0.3) is 5.65 Å². The topological polar surface area (TPSA) is 76.7 Å². The van der Waals surface area contributed by atoms with Gasteiger partial charge in [-0.3, -0.25) is 0 Å². The fourth-order valence-corrected chi connectivity index (χ4v) is 5.33. The van der Waals surface area contributed by atoms with E-state index in [2.05, 4.69) is 5.10 Å². The lowest BCUT2D eigenvalue weighted by molar-refractivity contribution is 0.347. The lowest BCUT2D eigenvalue weighted by atomic mass is 10.1. The summed E-state index contributed by atoms with van der Waals surface area (Å²) in [6.07, 6.45) is 4.33. The van der Waals surface area contributed by atoms with Gasteiger partial charge in [0.2, 0.25) is 10.0 Å². The van der Waals surface area contributed by atoms with Gasteiger partial charge >= 0.3 is 5.69 Å². The Hall–Kier alpha value is -2.45. The minimum absolute atomic E-state index is 0.0914. The van der Waals surface area contributed by atoms with Crippen molar-refractivity contribution in [1.82, 2.24) is 18.5 Å². The van der Waals surface area contributed by atoms with Gasteiger partial charge < -0.3 is 0 Å². The van der Waals surface area contributed by atoms with E-state index in [1.807, 2.05) is 32.0 Å². The van der Waals surface area contributed by atoms with Crippen molar-refractivity contribution in [2.24, 2.45) is 0 Å². The molecule has 0 atom stereocenters. The molecule has 0 unspecified atom stereocenters. The van der Waals surface area contributed by atoms with E-state index in [1.165, 1.54) is 19.5 Å². The number of benzene rings is 1. The Labute approximate surface area is 164 Å². The molecule has 0 N–H and O–H groups in total. The van der Waals surface area contributed by atoms with Gasteiger partial charge in [0.15, 0.2) is 5.65 Å². The van der Waals surface area contributed by atoms with E-state index < -0.39 is 10.0 Å². The quantitative estimate of drug-likeness (QED) is 0.674. The molecular weight excluding hydrogens is 376 g/mol. The van der Waals surface area contributed by atoms with Gasteiger partial charge in [-0.2, -0.15) is 4.31 Å². The number of hydrogen-bond donors (Lipinski definition) is 0. The van der Waals surface area contributed by atoms with Crippen molar-refractivity contribution in [2.45, 2.75) is 44.6 Å². The first-order valence-electron chi connectivity index (χ1n) is 9.52. The Morgan fingerprint density at radius 2 is 1.82 bits per heavy atom. The monoisotopic (exact) mass is 400 g/mol. The Bertz CT molecular complexity index is 1190. The molecule has 0 spiro atoms. The molecule has 2 aromatic heterocycles. The zero-order valence-corrected chi connectivity index (χ0v) is 16.9. The van der Waals surface area contributed by atoms with Crippen LogP contribution >= 0.6 is 0 Å². The number of nitrogens with zero attached hydrogens (tertiary/aromatic N) is 4. The van der Waals surface area contributed by atoms with Crippen LogP contribution in [0.4, 0.5) is 0 Å². The highest BCUT2D eigenvalue weighted by Gasteiger charge is 2.29. The largest absolute Gasteiger partial charge is 0.350 e. The van der Waals surface area contributed by atoms with Crippen LogP contribution < -0.4 is 5.69 Å². The van der Waals surface area contributed by atoms with Crippen molar-refractivity contribution in [2.75, 3.05) is 13.1 Å². The predicted octanol–water partition coefficient (Wildman–Crippen LogP) is 2.34. The number of aromatic nitrogens is 3. The van der Waals surface area contributed by atoms with Gasteiger partial charge in [-0.25, -0.2) is 22.3 Å². The summed E-state index contributed by atoms with van der Waals surface area (Å²) in [5.41, 5.74) is 3.00. The van der Waals surface area contributed by atoms with Crippen molar-refractivity contribution in [1.29, 1.82) is 0 Å². The number of hydrogen-bond acceptors (Lipinski definition) is 4. The first-order chi connectivity index (χ1) is 13.4. The van der Waals surface area contributed by atoms with E-state index >= 15 is 0 Å². The lowest BCUT2D eigenvalue weighted by Crippen LogP contribution is -2.35. The number of pyridine rings is 1. The Balaban J connectivity index is 1.80. The molecule has 3 heterocycles. The number of fused-ring (bicyclic) bond motifs is 1. The van der Waals surface area contributed by atoms with E-state index in [9.17, 15) is 13.2 Å². The molecule has 1 aromatic carbocycles. The van der Waals surface area contributed by atoms with E-state index in [1.54, 1.807) is 12.3 Å². The van der Waals surface area contributed by atoms with Crippen molar-refractivity contribution in [3.63, 3.8) is 0 Å². The Kier molecular flexibility index (Phi) is 4.84. The summed E-state index contributed by atoms with van der Waals surface area (Å²) >= 11 is 0. The average molecular weight is 401 g/mol. The summed E-state index contributed by atoms with van der Waals surface area (Å²) in [4.78, 5) is 12.9. The van der Waals surface area contributed by atoms with Crippen LogP contribution in [-0.4, -0.2) is 40.0 Å². The Morgan fingerprint density at radius 3 is 2.57 bits per heavy atom. The zero-order chi connectivity index (χ0) is 19.9. The molecule has 28 heavy (non-hydrogen) atoms. The Morgan fingerprint density at radius 1 is 1.07 bits per heavy atom. The predicted molar refractivity (Wildman–Crippen MR) is 107 cm³/mol. The molecule has 0 amide bonds. The molecular formula is C20H24N4O3S. The second kappa shape index (κ2) is 7.18. The summed E-state index contributed by atoms with van der Waals surface area (Å²) in [7, 11) is -3.68. The van der Waals surface area contributed by atoms with Gasteiger partial charge in [-0.05, 0) is 49.9 Å². The summed E-state index contributed by atoms with van der Waals surface area (Å²) in [5.74, 6) is 0. The summed E-state index contributed by atoms with van der Waals surface area (Å²) in [6.45, 7) is 5.31. The first-order valence-corrected chi connectivity index (χ1v) is 11.0. The van der Waals surface area contributed by atoms with Crippen molar-refractivity contribution < 1.29 is 8.42 Å². The maximum atomic E-state index is 13.1. The maximum absolute atomic E-state index is 13.1. The number of piperidine rings is 1. The molecule has 1 aliphatic heterocycles. The summed E-state index contributed by atoms with van der Waals surface area (Å²) < 4.78 is 30.4. The molecule has 0 radical (unpaired) electrons.